The summed E-state index contributed by atoms with van der Waals surface area (Å²) in [5.74, 6) is -0.758. The van der Waals surface area contributed by atoms with Crippen LogP contribution in [0.1, 0.15) is 16.7 Å². The van der Waals surface area contributed by atoms with Crippen LogP contribution in [0.4, 0.5) is 10.1 Å². The van der Waals surface area contributed by atoms with Gasteiger partial charge in [0.15, 0.2) is 0 Å². The number of carbonyl (C=O) groups is 1. The fourth-order valence-corrected chi connectivity index (χ4v) is 3.21. The van der Waals surface area contributed by atoms with E-state index in [4.69, 9.17) is 10.00 Å². The van der Waals surface area contributed by atoms with E-state index in [9.17, 15) is 14.4 Å². The minimum absolute atomic E-state index is 0.00349. The lowest BCUT2D eigenvalue weighted by atomic mass is 10.1. The molecule has 0 saturated carbocycles. The molecule has 0 radical (unpaired) electrons. The summed E-state index contributed by atoms with van der Waals surface area (Å²) >= 11 is 3.42. The van der Waals surface area contributed by atoms with Gasteiger partial charge in [-0.05, 0) is 57.9 Å². The van der Waals surface area contributed by atoms with Crippen molar-refractivity contribution < 1.29 is 13.9 Å². The number of halogens is 2. The van der Waals surface area contributed by atoms with Crippen LogP contribution in [0, 0.1) is 28.5 Å². The van der Waals surface area contributed by atoms with Gasteiger partial charge in [0.25, 0.3) is 5.91 Å². The number of nitrogens with one attached hydrogen (secondary N) is 1. The van der Waals surface area contributed by atoms with E-state index >= 15 is 0 Å². The van der Waals surface area contributed by atoms with Gasteiger partial charge in [-0.3, -0.25) is 4.79 Å². The monoisotopic (exact) mass is 475 g/mol. The molecule has 0 unspecified atom stereocenters. The second-order valence-corrected chi connectivity index (χ2v) is 7.21. The largest absolute Gasteiger partial charge is 0.488 e. The van der Waals surface area contributed by atoms with Crippen molar-refractivity contribution in [3.8, 4) is 17.9 Å². The van der Waals surface area contributed by atoms with E-state index in [0.717, 1.165) is 5.56 Å². The van der Waals surface area contributed by atoms with Crippen molar-refractivity contribution >= 4 is 33.6 Å². The van der Waals surface area contributed by atoms with Crippen molar-refractivity contribution in [1.29, 1.82) is 10.5 Å². The van der Waals surface area contributed by atoms with Gasteiger partial charge in [-0.25, -0.2) is 4.39 Å². The van der Waals surface area contributed by atoms with Crippen LogP contribution in [-0.2, 0) is 11.4 Å². The molecule has 31 heavy (non-hydrogen) atoms. The van der Waals surface area contributed by atoms with Gasteiger partial charge in [-0.15, -0.1) is 0 Å². The number of para-hydroxylation sites is 1. The highest BCUT2D eigenvalue weighted by Crippen LogP contribution is 2.28. The number of ether oxygens (including phenoxy) is 1. The summed E-state index contributed by atoms with van der Waals surface area (Å²) in [6, 6.07) is 21.9. The number of hydrogen-bond acceptors (Lipinski definition) is 4. The maximum Gasteiger partial charge on any atom is 0.266 e. The van der Waals surface area contributed by atoms with Crippen molar-refractivity contribution in [3.05, 3.63) is 99.3 Å². The standard InChI is InChI=1S/C24H15BrFN3O2/c25-20-12-16(9-10-23(20)31-15-18-6-2-1-5-17(18)13-27)11-19(14-28)24(30)29-22-8-4-3-7-21(22)26/h1-12H,15H2,(H,29,30)/b19-11+. The van der Waals surface area contributed by atoms with Gasteiger partial charge < -0.3 is 10.1 Å². The Morgan fingerprint density at radius 1 is 1.10 bits per heavy atom. The Hall–Kier alpha value is -3.94. The minimum Gasteiger partial charge on any atom is -0.488 e. The zero-order chi connectivity index (χ0) is 22.2. The molecule has 3 aromatic rings. The van der Waals surface area contributed by atoms with E-state index in [1.165, 1.54) is 24.3 Å². The van der Waals surface area contributed by atoms with E-state index in [0.29, 0.717) is 21.3 Å². The number of rotatable bonds is 6. The van der Waals surface area contributed by atoms with Crippen LogP contribution in [0.25, 0.3) is 6.08 Å². The molecule has 0 bridgehead atoms. The Morgan fingerprint density at radius 2 is 1.84 bits per heavy atom. The molecular formula is C24H15BrFN3O2. The minimum atomic E-state index is -0.711. The van der Waals surface area contributed by atoms with Crippen molar-refractivity contribution in [1.82, 2.24) is 0 Å². The van der Waals surface area contributed by atoms with Crippen LogP contribution in [0.2, 0.25) is 0 Å². The SMILES string of the molecule is N#C/C(=C\c1ccc(OCc2ccccc2C#N)c(Br)c1)C(=O)Nc1ccccc1F. The third-order valence-electron chi connectivity index (χ3n) is 4.28. The third kappa shape index (κ3) is 5.57. The van der Waals surface area contributed by atoms with Crippen molar-refractivity contribution in [2.45, 2.75) is 6.61 Å². The molecule has 3 rings (SSSR count). The Kier molecular flexibility index (Phi) is 7.16. The molecule has 0 aliphatic heterocycles. The lowest BCUT2D eigenvalue weighted by molar-refractivity contribution is -0.112. The first-order valence-corrected chi connectivity index (χ1v) is 9.89. The van der Waals surface area contributed by atoms with Crippen molar-refractivity contribution in [2.75, 3.05) is 5.32 Å². The number of carbonyl (C=O) groups excluding carboxylic acids is 1. The first kappa shape index (κ1) is 21.8. The molecule has 7 heteroatoms. The van der Waals surface area contributed by atoms with Gasteiger partial charge in [-0.2, -0.15) is 10.5 Å². The van der Waals surface area contributed by atoms with E-state index in [-0.39, 0.29) is 17.9 Å². The number of nitriles is 2. The van der Waals surface area contributed by atoms with Gasteiger partial charge in [0.05, 0.1) is 21.8 Å². The van der Waals surface area contributed by atoms with Crippen LogP contribution < -0.4 is 10.1 Å². The Balaban J connectivity index is 1.74. The predicted octanol–water partition coefficient (Wildman–Crippen LogP) is 5.58. The highest BCUT2D eigenvalue weighted by molar-refractivity contribution is 9.10. The number of nitrogens with zero attached hydrogens (tertiary/aromatic N) is 2. The summed E-state index contributed by atoms with van der Waals surface area (Å²) in [5.41, 5.74) is 1.70. The zero-order valence-corrected chi connectivity index (χ0v) is 17.7. The predicted molar refractivity (Wildman–Crippen MR) is 118 cm³/mol. The molecule has 0 fully saturated rings. The van der Waals surface area contributed by atoms with E-state index in [2.05, 4.69) is 27.3 Å². The van der Waals surface area contributed by atoms with Crippen LogP contribution in [-0.4, -0.2) is 5.91 Å². The highest BCUT2D eigenvalue weighted by atomic mass is 79.9. The summed E-state index contributed by atoms with van der Waals surface area (Å²) in [5, 5.41) is 20.9. The van der Waals surface area contributed by atoms with Gasteiger partial charge in [0, 0.05) is 5.56 Å². The summed E-state index contributed by atoms with van der Waals surface area (Å²) in [6.07, 6.45) is 1.40. The molecule has 3 aromatic carbocycles. The Morgan fingerprint density at radius 3 is 2.55 bits per heavy atom. The third-order valence-corrected chi connectivity index (χ3v) is 4.89. The normalized spacial score (nSPS) is 10.6. The fraction of sp³-hybridized carbons (Fsp3) is 0.0417. The summed E-state index contributed by atoms with van der Waals surface area (Å²) in [6.45, 7) is 0.214. The number of benzene rings is 3. The first-order chi connectivity index (χ1) is 15.0. The Labute approximate surface area is 187 Å². The molecule has 0 spiro atoms. The highest BCUT2D eigenvalue weighted by Gasteiger charge is 2.12. The number of hydrogen-bond donors (Lipinski definition) is 1. The first-order valence-electron chi connectivity index (χ1n) is 9.10. The molecule has 0 aliphatic carbocycles. The lowest BCUT2D eigenvalue weighted by Crippen LogP contribution is -2.14. The molecule has 1 N–H and O–H groups in total. The van der Waals surface area contributed by atoms with Gasteiger partial charge in [0.2, 0.25) is 0 Å². The summed E-state index contributed by atoms with van der Waals surface area (Å²) in [4.78, 5) is 12.3. The molecule has 1 amide bonds. The van der Waals surface area contributed by atoms with Crippen LogP contribution in [0.3, 0.4) is 0 Å². The fourth-order valence-electron chi connectivity index (χ4n) is 2.70. The smallest absolute Gasteiger partial charge is 0.266 e. The molecule has 0 aromatic heterocycles. The summed E-state index contributed by atoms with van der Waals surface area (Å²) in [7, 11) is 0. The molecule has 152 valence electrons. The average Bonchev–Trinajstić information content (AvgIpc) is 2.78. The maximum absolute atomic E-state index is 13.7. The van der Waals surface area contributed by atoms with Crippen LogP contribution >= 0.6 is 15.9 Å². The van der Waals surface area contributed by atoms with Crippen molar-refractivity contribution in [3.63, 3.8) is 0 Å². The van der Waals surface area contributed by atoms with Gasteiger partial charge >= 0.3 is 0 Å². The van der Waals surface area contributed by atoms with E-state index in [1.807, 2.05) is 18.2 Å². The molecule has 0 heterocycles. The molecule has 0 aliphatic rings. The topological polar surface area (TPSA) is 85.9 Å². The number of anilines is 1. The Bertz CT molecular complexity index is 1240. The summed E-state index contributed by atoms with van der Waals surface area (Å²) < 4.78 is 20.1. The molecule has 0 saturated heterocycles. The van der Waals surface area contributed by atoms with Gasteiger partial charge in [0.1, 0.15) is 29.8 Å². The zero-order valence-electron chi connectivity index (χ0n) is 16.1. The van der Waals surface area contributed by atoms with E-state index < -0.39 is 11.7 Å². The maximum atomic E-state index is 13.7. The second kappa shape index (κ2) is 10.2. The second-order valence-electron chi connectivity index (χ2n) is 6.35. The van der Waals surface area contributed by atoms with Crippen molar-refractivity contribution in [2.24, 2.45) is 0 Å². The quantitative estimate of drug-likeness (QED) is 0.372. The van der Waals surface area contributed by atoms with Gasteiger partial charge in [-0.1, -0.05) is 36.4 Å². The molecular weight excluding hydrogens is 461 g/mol. The van der Waals surface area contributed by atoms with Crippen LogP contribution in [0.15, 0.2) is 76.8 Å². The number of amides is 1. The van der Waals surface area contributed by atoms with E-state index in [1.54, 1.807) is 36.4 Å². The molecule has 0 atom stereocenters. The van der Waals surface area contributed by atoms with Crippen LogP contribution in [0.5, 0.6) is 5.75 Å². The average molecular weight is 476 g/mol. The lowest BCUT2D eigenvalue weighted by Gasteiger charge is -2.10. The molecule has 5 nitrogen and oxygen atoms in total.